The third kappa shape index (κ3) is 8.57. The minimum absolute atomic E-state index is 0.0408. The minimum Gasteiger partial charge on any atom is -0.462 e. The number of benzene rings is 4. The molecule has 1 saturated carbocycles. The highest BCUT2D eigenvalue weighted by atomic mass is 35.5. The molecule has 1 aliphatic rings. The Bertz CT molecular complexity index is 1830. The number of allylic oxidation sites excluding steroid dienone is 1. The average molecular weight is 731 g/mol. The normalized spacial score (nSPS) is 17.0. The Balaban J connectivity index is 1.35. The minimum atomic E-state index is -4.76. The SMILES string of the molecule is CCCC1CCC(c2ccc(-c3cc(F)c(-c4cc(F)c(C(F)(F)Oc5ccc(OC=CC(F)(F)F)c(F)c5)c(F)c4)c(Cl)c3)c(F)c2)CC1. The second-order valence-corrected chi connectivity index (χ2v) is 12.5. The van der Waals surface area contributed by atoms with Gasteiger partial charge in [0, 0.05) is 17.2 Å². The van der Waals surface area contributed by atoms with E-state index in [4.69, 9.17) is 11.6 Å². The molecule has 0 N–H and O–H groups in total. The summed E-state index contributed by atoms with van der Waals surface area (Å²) in [6, 6.07) is 9.24. The van der Waals surface area contributed by atoms with Gasteiger partial charge in [0.15, 0.2) is 11.6 Å². The molecule has 0 heterocycles. The van der Waals surface area contributed by atoms with Crippen molar-refractivity contribution in [2.45, 2.75) is 63.7 Å². The molecule has 0 spiro atoms. The van der Waals surface area contributed by atoms with Gasteiger partial charge in [-0.05, 0) is 96.7 Å². The molecule has 1 fully saturated rings. The summed E-state index contributed by atoms with van der Waals surface area (Å²) in [7, 11) is 0. The second-order valence-electron chi connectivity index (χ2n) is 12.0. The van der Waals surface area contributed by atoms with Gasteiger partial charge in [0.05, 0.1) is 17.4 Å². The van der Waals surface area contributed by atoms with E-state index in [-0.39, 0.29) is 34.4 Å². The van der Waals surface area contributed by atoms with E-state index in [1.165, 1.54) is 24.6 Å². The lowest BCUT2D eigenvalue weighted by molar-refractivity contribution is -0.189. The lowest BCUT2D eigenvalue weighted by Gasteiger charge is -2.28. The predicted molar refractivity (Wildman–Crippen MR) is 169 cm³/mol. The molecule has 13 heteroatoms. The van der Waals surface area contributed by atoms with Crippen LogP contribution in [0, 0.1) is 35.0 Å². The molecule has 4 aromatic rings. The zero-order chi connectivity index (χ0) is 36.4. The summed E-state index contributed by atoms with van der Waals surface area (Å²) in [5.41, 5.74) is -2.07. The van der Waals surface area contributed by atoms with E-state index in [2.05, 4.69) is 16.4 Å². The number of hydrogen-bond acceptors (Lipinski definition) is 2. The molecule has 0 bridgehead atoms. The van der Waals surface area contributed by atoms with Gasteiger partial charge in [0.1, 0.15) is 34.6 Å². The summed E-state index contributed by atoms with van der Waals surface area (Å²) in [5.74, 6) is -7.73. The molecule has 0 unspecified atom stereocenters. The third-order valence-electron chi connectivity index (χ3n) is 8.58. The number of ether oxygens (including phenoxy) is 2. The first-order chi connectivity index (χ1) is 23.6. The molecular formula is C37H29ClF10O2. The van der Waals surface area contributed by atoms with Crippen molar-refractivity contribution in [3.8, 4) is 33.8 Å². The Labute approximate surface area is 286 Å². The molecular weight excluding hydrogens is 702 g/mol. The third-order valence-corrected chi connectivity index (χ3v) is 8.88. The lowest BCUT2D eigenvalue weighted by Crippen LogP contribution is -2.25. The maximum absolute atomic E-state index is 15.4. The monoisotopic (exact) mass is 730 g/mol. The van der Waals surface area contributed by atoms with Crippen molar-refractivity contribution in [3.05, 3.63) is 118 Å². The first-order valence-corrected chi connectivity index (χ1v) is 16.0. The van der Waals surface area contributed by atoms with Crippen molar-refractivity contribution in [1.82, 2.24) is 0 Å². The summed E-state index contributed by atoms with van der Waals surface area (Å²) < 4.78 is 151. The first kappa shape index (κ1) is 37.1. The zero-order valence-electron chi connectivity index (χ0n) is 26.3. The van der Waals surface area contributed by atoms with E-state index in [1.807, 2.05) is 0 Å². The zero-order valence-corrected chi connectivity index (χ0v) is 27.1. The quantitative estimate of drug-likeness (QED) is 0.119. The highest BCUT2D eigenvalue weighted by Gasteiger charge is 2.41. The Morgan fingerprint density at radius 3 is 1.98 bits per heavy atom. The van der Waals surface area contributed by atoms with Crippen LogP contribution in [-0.4, -0.2) is 6.18 Å². The van der Waals surface area contributed by atoms with Crippen LogP contribution in [0.1, 0.15) is 62.5 Å². The number of alkyl halides is 5. The van der Waals surface area contributed by atoms with Crippen molar-refractivity contribution >= 4 is 11.6 Å². The summed E-state index contributed by atoms with van der Waals surface area (Å²) in [4.78, 5) is 0. The van der Waals surface area contributed by atoms with Crippen LogP contribution in [0.3, 0.4) is 0 Å². The van der Waals surface area contributed by atoms with Crippen molar-refractivity contribution in [3.63, 3.8) is 0 Å². The molecule has 266 valence electrons. The molecule has 50 heavy (non-hydrogen) atoms. The molecule has 0 atom stereocenters. The van der Waals surface area contributed by atoms with E-state index < -0.39 is 69.6 Å². The van der Waals surface area contributed by atoms with E-state index in [0.29, 0.717) is 36.2 Å². The summed E-state index contributed by atoms with van der Waals surface area (Å²) in [6.07, 6.45) is -3.42. The highest BCUT2D eigenvalue weighted by molar-refractivity contribution is 6.33. The molecule has 2 nitrogen and oxygen atoms in total. The fourth-order valence-corrected chi connectivity index (χ4v) is 6.55. The standard InChI is InChI=1S/C37H29ClF10O2/c1-2-3-20-4-6-21(7-5-20)22-8-10-26(28(39)15-22)23-14-27(38)34(30(41)16-23)24-17-31(42)35(32(43)18-24)37(47,48)50-25-9-11-33(29(40)19-25)49-13-12-36(44,45)46/h8-21H,2-7H2,1H3. The average Bonchev–Trinajstić information content (AvgIpc) is 3.01. The highest BCUT2D eigenvalue weighted by Crippen LogP contribution is 2.42. The van der Waals surface area contributed by atoms with E-state index in [1.54, 1.807) is 6.07 Å². The van der Waals surface area contributed by atoms with Gasteiger partial charge in [-0.2, -0.15) is 22.0 Å². The Morgan fingerprint density at radius 2 is 1.40 bits per heavy atom. The van der Waals surface area contributed by atoms with Crippen molar-refractivity contribution in [1.29, 1.82) is 0 Å². The molecule has 5 rings (SSSR count). The number of halogens is 11. The van der Waals surface area contributed by atoms with Crippen molar-refractivity contribution in [2.24, 2.45) is 5.92 Å². The van der Waals surface area contributed by atoms with Crippen LogP contribution in [0.2, 0.25) is 5.02 Å². The van der Waals surface area contributed by atoms with E-state index in [9.17, 15) is 26.3 Å². The maximum Gasteiger partial charge on any atom is 0.432 e. The molecule has 0 saturated heterocycles. The van der Waals surface area contributed by atoms with Crippen LogP contribution in [-0.2, 0) is 6.11 Å². The summed E-state index contributed by atoms with van der Waals surface area (Å²) >= 11 is 6.30. The Hall–Kier alpha value is -4.19. The van der Waals surface area contributed by atoms with Gasteiger partial charge in [-0.15, -0.1) is 0 Å². The fraction of sp³-hybridized carbons (Fsp3) is 0.297. The van der Waals surface area contributed by atoms with Crippen LogP contribution in [0.25, 0.3) is 22.3 Å². The van der Waals surface area contributed by atoms with E-state index in [0.717, 1.165) is 43.7 Å². The molecule has 0 radical (unpaired) electrons. The first-order valence-electron chi connectivity index (χ1n) is 15.6. The Morgan fingerprint density at radius 1 is 0.740 bits per heavy atom. The smallest absolute Gasteiger partial charge is 0.432 e. The predicted octanol–water partition coefficient (Wildman–Crippen LogP) is 13.0. The number of rotatable bonds is 10. The molecule has 0 aromatic heterocycles. The fourth-order valence-electron chi connectivity index (χ4n) is 6.24. The summed E-state index contributed by atoms with van der Waals surface area (Å²) in [6.45, 7) is 2.15. The largest absolute Gasteiger partial charge is 0.462 e. The maximum atomic E-state index is 15.4. The topological polar surface area (TPSA) is 18.5 Å². The molecule has 1 aliphatic carbocycles. The van der Waals surface area contributed by atoms with Crippen LogP contribution in [0.5, 0.6) is 11.5 Å². The molecule has 4 aromatic carbocycles. The molecule has 0 amide bonds. The summed E-state index contributed by atoms with van der Waals surface area (Å²) in [5, 5.41) is -0.379. The van der Waals surface area contributed by atoms with Gasteiger partial charge in [-0.25, -0.2) is 22.0 Å². The van der Waals surface area contributed by atoms with Gasteiger partial charge >= 0.3 is 12.3 Å². The van der Waals surface area contributed by atoms with Gasteiger partial charge in [0.25, 0.3) is 0 Å². The molecule has 0 aliphatic heterocycles. The second kappa shape index (κ2) is 15.0. The van der Waals surface area contributed by atoms with Gasteiger partial charge in [-0.3, -0.25) is 0 Å². The van der Waals surface area contributed by atoms with Gasteiger partial charge in [0.2, 0.25) is 0 Å². The Kier molecular flexibility index (Phi) is 11.1. The lowest BCUT2D eigenvalue weighted by atomic mass is 9.77. The van der Waals surface area contributed by atoms with Crippen molar-refractivity contribution in [2.75, 3.05) is 0 Å². The van der Waals surface area contributed by atoms with Crippen LogP contribution in [0.15, 0.2) is 73.0 Å². The van der Waals surface area contributed by atoms with Crippen LogP contribution >= 0.6 is 11.6 Å². The van der Waals surface area contributed by atoms with Gasteiger partial charge < -0.3 is 9.47 Å². The van der Waals surface area contributed by atoms with Crippen molar-refractivity contribution < 1.29 is 53.4 Å². The van der Waals surface area contributed by atoms with Crippen LogP contribution < -0.4 is 9.47 Å². The van der Waals surface area contributed by atoms with Gasteiger partial charge in [-0.1, -0.05) is 43.5 Å². The van der Waals surface area contributed by atoms with E-state index >= 15 is 17.6 Å². The number of hydrogen-bond donors (Lipinski definition) is 0. The van der Waals surface area contributed by atoms with Crippen LogP contribution in [0.4, 0.5) is 43.9 Å².